The van der Waals surface area contributed by atoms with E-state index in [1.54, 1.807) is 18.3 Å². The lowest BCUT2D eigenvalue weighted by molar-refractivity contribution is -0.113. The summed E-state index contributed by atoms with van der Waals surface area (Å²) in [5.41, 5.74) is 2.84. The first-order valence-electron chi connectivity index (χ1n) is 6.16. The zero-order valence-electron chi connectivity index (χ0n) is 11.3. The molecule has 1 N–H and O–H groups in total. The highest BCUT2D eigenvalue weighted by molar-refractivity contribution is 7.99. The Kier molecular flexibility index (Phi) is 5.04. The van der Waals surface area contributed by atoms with Gasteiger partial charge < -0.3 is 5.32 Å². The van der Waals surface area contributed by atoms with Gasteiger partial charge in [-0.3, -0.25) is 4.79 Å². The van der Waals surface area contributed by atoms with Crippen LogP contribution in [-0.2, 0) is 4.79 Å². The third-order valence-corrected chi connectivity index (χ3v) is 3.89. The van der Waals surface area contributed by atoms with Gasteiger partial charge in [0.2, 0.25) is 5.91 Å². The van der Waals surface area contributed by atoms with Crippen LogP contribution in [0.3, 0.4) is 0 Å². The van der Waals surface area contributed by atoms with Gasteiger partial charge in [-0.2, -0.15) is 0 Å². The van der Waals surface area contributed by atoms with Crippen LogP contribution in [0.25, 0.3) is 0 Å². The number of hydrogen-bond donors (Lipinski definition) is 1. The number of rotatable bonds is 4. The lowest BCUT2D eigenvalue weighted by Gasteiger charge is -2.08. The number of carbonyl (C=O) groups excluding carboxylic acids is 1. The molecular weight excluding hydrogens is 292 g/mol. The predicted molar refractivity (Wildman–Crippen MR) is 84.5 cm³/mol. The van der Waals surface area contributed by atoms with E-state index < -0.39 is 0 Å². The Bertz CT molecular complexity index is 614. The number of hydrogen-bond acceptors (Lipinski definition) is 3. The van der Waals surface area contributed by atoms with Gasteiger partial charge in [0, 0.05) is 16.9 Å². The van der Waals surface area contributed by atoms with E-state index >= 15 is 0 Å². The van der Waals surface area contributed by atoms with Gasteiger partial charge in [0.1, 0.15) is 0 Å². The summed E-state index contributed by atoms with van der Waals surface area (Å²) >= 11 is 7.33. The Morgan fingerprint density at radius 2 is 2.10 bits per heavy atom. The molecule has 0 aliphatic carbocycles. The van der Waals surface area contributed by atoms with E-state index in [1.807, 2.05) is 32.0 Å². The van der Waals surface area contributed by atoms with Gasteiger partial charge in [-0.05, 0) is 43.2 Å². The summed E-state index contributed by atoms with van der Waals surface area (Å²) in [6.07, 6.45) is 1.79. The normalized spacial score (nSPS) is 10.3. The van der Waals surface area contributed by atoms with Crippen molar-refractivity contribution in [1.82, 2.24) is 4.98 Å². The molecule has 0 aliphatic heterocycles. The first-order chi connectivity index (χ1) is 9.54. The highest BCUT2D eigenvalue weighted by Gasteiger charge is 2.07. The van der Waals surface area contributed by atoms with Gasteiger partial charge in [-0.15, -0.1) is 0 Å². The molecule has 1 heterocycles. The van der Waals surface area contributed by atoms with E-state index in [1.165, 1.54) is 11.8 Å². The van der Waals surface area contributed by atoms with Crippen LogP contribution in [-0.4, -0.2) is 16.6 Å². The van der Waals surface area contributed by atoms with Crippen molar-refractivity contribution in [3.8, 4) is 0 Å². The first kappa shape index (κ1) is 14.9. The molecule has 0 atom stereocenters. The van der Waals surface area contributed by atoms with Crippen molar-refractivity contribution in [2.24, 2.45) is 0 Å². The van der Waals surface area contributed by atoms with Crippen molar-refractivity contribution in [2.45, 2.75) is 18.9 Å². The van der Waals surface area contributed by atoms with Gasteiger partial charge in [-0.25, -0.2) is 4.98 Å². The summed E-state index contributed by atoms with van der Waals surface area (Å²) in [7, 11) is 0. The second-order valence-electron chi connectivity index (χ2n) is 4.47. The summed E-state index contributed by atoms with van der Waals surface area (Å²) < 4.78 is 0. The molecule has 0 radical (unpaired) electrons. The van der Waals surface area contributed by atoms with Crippen LogP contribution in [0, 0.1) is 13.8 Å². The molecule has 0 saturated heterocycles. The Morgan fingerprint density at radius 1 is 1.30 bits per heavy atom. The van der Waals surface area contributed by atoms with E-state index in [9.17, 15) is 4.79 Å². The summed E-state index contributed by atoms with van der Waals surface area (Å²) in [5, 5.41) is 4.31. The molecule has 0 fully saturated rings. The minimum Gasteiger partial charge on any atom is -0.325 e. The van der Waals surface area contributed by atoms with Crippen molar-refractivity contribution < 1.29 is 4.79 Å². The molecule has 2 rings (SSSR count). The van der Waals surface area contributed by atoms with Gasteiger partial charge in [0.25, 0.3) is 0 Å². The van der Waals surface area contributed by atoms with Crippen LogP contribution in [0.4, 0.5) is 5.69 Å². The van der Waals surface area contributed by atoms with Crippen molar-refractivity contribution in [2.75, 3.05) is 11.1 Å². The van der Waals surface area contributed by atoms with Crippen molar-refractivity contribution in [3.63, 3.8) is 0 Å². The van der Waals surface area contributed by atoms with Crippen molar-refractivity contribution >= 4 is 35.0 Å². The van der Waals surface area contributed by atoms with E-state index in [-0.39, 0.29) is 5.91 Å². The number of halogens is 1. The number of anilines is 1. The minimum atomic E-state index is -0.0669. The van der Waals surface area contributed by atoms with E-state index in [2.05, 4.69) is 10.3 Å². The molecule has 20 heavy (non-hydrogen) atoms. The topological polar surface area (TPSA) is 42.0 Å². The lowest BCUT2D eigenvalue weighted by Crippen LogP contribution is -2.14. The van der Waals surface area contributed by atoms with Crippen LogP contribution in [0.15, 0.2) is 41.6 Å². The van der Waals surface area contributed by atoms with Gasteiger partial charge >= 0.3 is 0 Å². The van der Waals surface area contributed by atoms with Gasteiger partial charge in [0.05, 0.1) is 10.8 Å². The number of pyridine rings is 1. The van der Waals surface area contributed by atoms with E-state index in [4.69, 9.17) is 11.6 Å². The minimum absolute atomic E-state index is 0.0669. The smallest absolute Gasteiger partial charge is 0.234 e. The van der Waals surface area contributed by atoms with Gasteiger partial charge in [0.15, 0.2) is 0 Å². The van der Waals surface area contributed by atoms with Crippen LogP contribution >= 0.6 is 23.4 Å². The average Bonchev–Trinajstić information content (AvgIpc) is 2.42. The maximum absolute atomic E-state index is 11.9. The lowest BCUT2D eigenvalue weighted by atomic mass is 10.2. The molecule has 0 spiro atoms. The molecule has 5 heteroatoms. The SMILES string of the molecule is Cc1ccc(SCC(=O)Nc2cc(Cl)ccc2C)nc1. The largest absolute Gasteiger partial charge is 0.325 e. The van der Waals surface area contributed by atoms with Crippen LogP contribution in [0.2, 0.25) is 5.02 Å². The van der Waals surface area contributed by atoms with Crippen LogP contribution in [0.5, 0.6) is 0 Å². The summed E-state index contributed by atoms with van der Waals surface area (Å²) in [6, 6.07) is 9.33. The molecule has 104 valence electrons. The third-order valence-electron chi connectivity index (χ3n) is 2.71. The number of aryl methyl sites for hydroxylation is 2. The number of thioether (sulfide) groups is 1. The zero-order chi connectivity index (χ0) is 14.5. The van der Waals surface area contributed by atoms with Crippen molar-refractivity contribution in [1.29, 1.82) is 0 Å². The van der Waals surface area contributed by atoms with Crippen LogP contribution in [0.1, 0.15) is 11.1 Å². The third kappa shape index (κ3) is 4.25. The number of benzene rings is 1. The Morgan fingerprint density at radius 3 is 2.80 bits per heavy atom. The highest BCUT2D eigenvalue weighted by Crippen LogP contribution is 2.21. The molecular formula is C15H15ClN2OS. The number of nitrogens with zero attached hydrogens (tertiary/aromatic N) is 1. The van der Waals surface area contributed by atoms with E-state index in [0.717, 1.165) is 21.8 Å². The molecule has 3 nitrogen and oxygen atoms in total. The second kappa shape index (κ2) is 6.77. The fraction of sp³-hybridized carbons (Fsp3) is 0.200. The van der Waals surface area contributed by atoms with Crippen molar-refractivity contribution in [3.05, 3.63) is 52.7 Å². The predicted octanol–water partition coefficient (Wildman–Crippen LogP) is 4.08. The Labute approximate surface area is 127 Å². The molecule has 1 amide bonds. The number of nitrogens with one attached hydrogen (secondary N) is 1. The zero-order valence-corrected chi connectivity index (χ0v) is 12.9. The number of aromatic nitrogens is 1. The second-order valence-corrected chi connectivity index (χ2v) is 5.90. The summed E-state index contributed by atoms with van der Waals surface area (Å²) in [5.74, 6) is 0.255. The fourth-order valence-corrected chi connectivity index (χ4v) is 2.41. The van der Waals surface area contributed by atoms with Gasteiger partial charge in [-0.1, -0.05) is 35.5 Å². The monoisotopic (exact) mass is 306 g/mol. The first-order valence-corrected chi connectivity index (χ1v) is 7.52. The molecule has 2 aromatic rings. The van der Waals surface area contributed by atoms with E-state index in [0.29, 0.717) is 10.8 Å². The molecule has 1 aromatic carbocycles. The summed E-state index contributed by atoms with van der Waals surface area (Å²) in [6.45, 7) is 3.91. The highest BCUT2D eigenvalue weighted by atomic mass is 35.5. The Hall–Kier alpha value is -1.52. The molecule has 1 aromatic heterocycles. The summed E-state index contributed by atoms with van der Waals surface area (Å²) in [4.78, 5) is 16.2. The molecule has 0 saturated carbocycles. The average molecular weight is 307 g/mol. The quantitative estimate of drug-likeness (QED) is 0.865. The Balaban J connectivity index is 1.92. The molecule has 0 unspecified atom stereocenters. The molecule has 0 aliphatic rings. The maximum atomic E-state index is 11.9. The standard InChI is InChI=1S/C15H15ClN2OS/c1-10-3-6-15(17-8-10)20-9-14(19)18-13-7-12(16)5-4-11(13)2/h3-8H,9H2,1-2H3,(H,18,19). The maximum Gasteiger partial charge on any atom is 0.234 e. The number of amides is 1. The fourth-order valence-electron chi connectivity index (χ4n) is 1.59. The molecule has 0 bridgehead atoms. The number of carbonyl (C=O) groups is 1. The van der Waals surface area contributed by atoms with Crippen LogP contribution < -0.4 is 5.32 Å².